The van der Waals surface area contributed by atoms with E-state index >= 15 is 0 Å². The quantitative estimate of drug-likeness (QED) is 0.701. The van der Waals surface area contributed by atoms with Gasteiger partial charge in [0.25, 0.3) is 0 Å². The van der Waals surface area contributed by atoms with Gasteiger partial charge in [0.1, 0.15) is 6.29 Å². The number of nitrogens with zero attached hydrogens (tertiary/aromatic N) is 1. The van der Waals surface area contributed by atoms with Crippen molar-refractivity contribution < 1.29 is 4.79 Å². The minimum absolute atomic E-state index is 0.514. The highest BCUT2D eigenvalue weighted by molar-refractivity contribution is 5.62. The van der Waals surface area contributed by atoms with Gasteiger partial charge in [-0.05, 0) is 17.7 Å². The topological polar surface area (TPSA) is 46.3 Å². The van der Waals surface area contributed by atoms with Crippen molar-refractivity contribution in [3.8, 4) is 0 Å². The van der Waals surface area contributed by atoms with Crippen molar-refractivity contribution in [2.24, 2.45) is 5.73 Å². The molecule has 0 aliphatic rings. The third-order valence-electron chi connectivity index (χ3n) is 1.92. The summed E-state index contributed by atoms with van der Waals surface area (Å²) < 4.78 is 0. The lowest BCUT2D eigenvalue weighted by molar-refractivity contribution is -0.109. The molecular formula is C10H14N2O. The maximum absolute atomic E-state index is 10.4. The second-order valence-electron chi connectivity index (χ2n) is 3.15. The first-order chi connectivity index (χ1) is 6.15. The van der Waals surface area contributed by atoms with Crippen LogP contribution in [0.15, 0.2) is 24.3 Å². The second-order valence-corrected chi connectivity index (χ2v) is 3.15. The monoisotopic (exact) mass is 178 g/mol. The van der Waals surface area contributed by atoms with Gasteiger partial charge in [-0.25, -0.2) is 0 Å². The summed E-state index contributed by atoms with van der Waals surface area (Å²) in [6, 6.07) is 7.13. The van der Waals surface area contributed by atoms with Crippen LogP contribution in [0.5, 0.6) is 0 Å². The molecule has 0 aromatic heterocycles. The van der Waals surface area contributed by atoms with Crippen LogP contribution in [0.3, 0.4) is 0 Å². The lowest BCUT2D eigenvalue weighted by Crippen LogP contribution is -2.13. The zero-order valence-corrected chi connectivity index (χ0v) is 7.90. The molecular weight excluding hydrogens is 164 g/mol. The van der Waals surface area contributed by atoms with Crippen molar-refractivity contribution in [3.63, 3.8) is 0 Å². The Balaban J connectivity index is 2.97. The van der Waals surface area contributed by atoms with E-state index in [1.54, 1.807) is 0 Å². The third kappa shape index (κ3) is 2.29. The van der Waals surface area contributed by atoms with Crippen LogP contribution in [0.1, 0.15) is 11.6 Å². The molecule has 1 atom stereocenters. The number of aldehydes is 1. The number of benzene rings is 1. The highest BCUT2D eigenvalue weighted by Crippen LogP contribution is 2.16. The summed E-state index contributed by atoms with van der Waals surface area (Å²) in [5.41, 5.74) is 7.48. The molecule has 0 bridgehead atoms. The third-order valence-corrected chi connectivity index (χ3v) is 1.92. The smallest absolute Gasteiger partial charge is 0.141 e. The average Bonchev–Trinajstić information content (AvgIpc) is 2.17. The summed E-state index contributed by atoms with van der Waals surface area (Å²) in [5, 5.41) is 0. The number of carbonyl (C=O) groups excluding carboxylic acids is 1. The van der Waals surface area contributed by atoms with Crippen LogP contribution in [0.4, 0.5) is 5.69 Å². The molecule has 0 fully saturated rings. The molecule has 0 saturated heterocycles. The van der Waals surface area contributed by atoms with E-state index < -0.39 is 6.04 Å². The highest BCUT2D eigenvalue weighted by atomic mass is 16.1. The summed E-state index contributed by atoms with van der Waals surface area (Å²) in [6.07, 6.45) is 0.745. The van der Waals surface area contributed by atoms with Crippen LogP contribution in [0.25, 0.3) is 0 Å². The number of hydrogen-bond donors (Lipinski definition) is 1. The van der Waals surface area contributed by atoms with Gasteiger partial charge < -0.3 is 15.4 Å². The van der Waals surface area contributed by atoms with Gasteiger partial charge in [-0.15, -0.1) is 0 Å². The lowest BCUT2D eigenvalue weighted by atomic mass is 10.1. The summed E-state index contributed by atoms with van der Waals surface area (Å²) >= 11 is 0. The van der Waals surface area contributed by atoms with Crippen molar-refractivity contribution >= 4 is 12.0 Å². The van der Waals surface area contributed by atoms with E-state index in [1.165, 1.54) is 0 Å². The Morgan fingerprint density at radius 1 is 1.46 bits per heavy atom. The van der Waals surface area contributed by atoms with Gasteiger partial charge in [-0.1, -0.05) is 12.1 Å². The van der Waals surface area contributed by atoms with Gasteiger partial charge >= 0.3 is 0 Å². The maximum Gasteiger partial charge on any atom is 0.141 e. The Bertz CT molecular complexity index is 297. The number of nitrogens with two attached hydrogens (primary N) is 1. The van der Waals surface area contributed by atoms with Gasteiger partial charge in [-0.3, -0.25) is 0 Å². The van der Waals surface area contributed by atoms with E-state index in [2.05, 4.69) is 0 Å². The molecule has 0 spiro atoms. The largest absolute Gasteiger partial charge is 0.378 e. The molecule has 2 N–H and O–H groups in total. The SMILES string of the molecule is CN(C)c1cccc(C(N)C=O)c1. The van der Waals surface area contributed by atoms with Crippen molar-refractivity contribution in [1.29, 1.82) is 0 Å². The molecule has 1 aromatic rings. The molecule has 1 unspecified atom stereocenters. The number of anilines is 1. The first kappa shape index (κ1) is 9.74. The van der Waals surface area contributed by atoms with Crippen molar-refractivity contribution in [3.05, 3.63) is 29.8 Å². The molecule has 0 aliphatic carbocycles. The van der Waals surface area contributed by atoms with Crippen molar-refractivity contribution in [2.45, 2.75) is 6.04 Å². The minimum atomic E-state index is -0.514. The van der Waals surface area contributed by atoms with Crippen LogP contribution in [-0.4, -0.2) is 20.4 Å². The number of hydrogen-bond acceptors (Lipinski definition) is 3. The first-order valence-corrected chi connectivity index (χ1v) is 4.13. The summed E-state index contributed by atoms with van der Waals surface area (Å²) in [6.45, 7) is 0. The average molecular weight is 178 g/mol. The predicted octanol–water partition coefficient (Wildman–Crippen LogP) is 0.951. The van der Waals surface area contributed by atoms with E-state index in [0.29, 0.717) is 0 Å². The number of rotatable bonds is 3. The van der Waals surface area contributed by atoms with Gasteiger partial charge in [0.05, 0.1) is 6.04 Å². The van der Waals surface area contributed by atoms with Crippen molar-refractivity contribution in [2.75, 3.05) is 19.0 Å². The summed E-state index contributed by atoms with van der Waals surface area (Å²) in [4.78, 5) is 12.4. The Morgan fingerprint density at radius 2 is 2.15 bits per heavy atom. The molecule has 0 aliphatic heterocycles. The standard InChI is InChI=1S/C10H14N2O/c1-12(2)9-5-3-4-8(6-9)10(11)7-13/h3-7,10H,11H2,1-2H3. The fraction of sp³-hybridized carbons (Fsp3) is 0.300. The lowest BCUT2D eigenvalue weighted by Gasteiger charge is -2.14. The van der Waals surface area contributed by atoms with Crippen molar-refractivity contribution in [1.82, 2.24) is 0 Å². The summed E-state index contributed by atoms with van der Waals surface area (Å²) in [5.74, 6) is 0. The maximum atomic E-state index is 10.4. The van der Waals surface area contributed by atoms with Crippen LogP contribution < -0.4 is 10.6 Å². The van der Waals surface area contributed by atoms with E-state index in [1.807, 2.05) is 43.3 Å². The Morgan fingerprint density at radius 3 is 2.69 bits per heavy atom. The van der Waals surface area contributed by atoms with E-state index in [-0.39, 0.29) is 0 Å². The normalized spacial score (nSPS) is 12.2. The van der Waals surface area contributed by atoms with Crippen LogP contribution >= 0.6 is 0 Å². The van der Waals surface area contributed by atoms with Gasteiger partial charge in [0, 0.05) is 19.8 Å². The summed E-state index contributed by atoms with van der Waals surface area (Å²) in [7, 11) is 3.90. The fourth-order valence-corrected chi connectivity index (χ4v) is 1.09. The zero-order chi connectivity index (χ0) is 9.84. The first-order valence-electron chi connectivity index (χ1n) is 4.13. The number of carbonyl (C=O) groups is 1. The van der Waals surface area contributed by atoms with E-state index in [0.717, 1.165) is 17.5 Å². The molecule has 13 heavy (non-hydrogen) atoms. The fourth-order valence-electron chi connectivity index (χ4n) is 1.09. The van der Waals surface area contributed by atoms with Crippen LogP contribution in [-0.2, 0) is 4.79 Å². The molecule has 0 heterocycles. The molecule has 0 amide bonds. The molecule has 3 heteroatoms. The molecule has 1 aromatic carbocycles. The van der Waals surface area contributed by atoms with Gasteiger partial charge in [0.15, 0.2) is 0 Å². The van der Waals surface area contributed by atoms with Gasteiger partial charge in [-0.2, -0.15) is 0 Å². The Labute approximate surface area is 78.2 Å². The molecule has 70 valence electrons. The minimum Gasteiger partial charge on any atom is -0.378 e. The van der Waals surface area contributed by atoms with E-state index in [9.17, 15) is 4.79 Å². The molecule has 3 nitrogen and oxygen atoms in total. The molecule has 0 saturated carbocycles. The zero-order valence-electron chi connectivity index (χ0n) is 7.90. The second kappa shape index (κ2) is 4.05. The van der Waals surface area contributed by atoms with Gasteiger partial charge in [0.2, 0.25) is 0 Å². The predicted molar refractivity (Wildman–Crippen MR) is 53.8 cm³/mol. The molecule has 1 rings (SSSR count). The van der Waals surface area contributed by atoms with Crippen LogP contribution in [0, 0.1) is 0 Å². The Hall–Kier alpha value is -1.35. The van der Waals surface area contributed by atoms with E-state index in [4.69, 9.17) is 5.73 Å². The molecule has 0 radical (unpaired) electrons. The highest BCUT2D eigenvalue weighted by Gasteiger charge is 2.04. The Kier molecular flexibility index (Phi) is 3.03. The van der Waals surface area contributed by atoms with Crippen LogP contribution in [0.2, 0.25) is 0 Å².